The highest BCUT2D eigenvalue weighted by Gasteiger charge is 1.98. The molecule has 0 fully saturated rings. The summed E-state index contributed by atoms with van der Waals surface area (Å²) in [6, 6.07) is 10.9. The van der Waals surface area contributed by atoms with Crippen molar-refractivity contribution in [2.24, 2.45) is 0 Å². The lowest BCUT2D eigenvalue weighted by Crippen LogP contribution is -2.19. The van der Waals surface area contributed by atoms with E-state index >= 15 is 0 Å². The van der Waals surface area contributed by atoms with Crippen LogP contribution in [-0.2, 0) is 6.54 Å². The van der Waals surface area contributed by atoms with Crippen molar-refractivity contribution in [3.05, 3.63) is 58.0 Å². The molecule has 0 bridgehead atoms. The molecule has 0 unspecified atom stereocenters. The summed E-state index contributed by atoms with van der Waals surface area (Å²) in [5, 5.41) is 0.747. The minimum absolute atomic E-state index is 0.0121. The second-order valence-electron chi connectivity index (χ2n) is 4.15. The van der Waals surface area contributed by atoms with Crippen LogP contribution in [0.25, 0.3) is 0 Å². The highest BCUT2D eigenvalue weighted by atomic mass is 35.5. The third kappa shape index (κ3) is 4.33. The fourth-order valence-corrected chi connectivity index (χ4v) is 2.86. The van der Waals surface area contributed by atoms with E-state index in [4.69, 9.17) is 17.3 Å². The number of aryl methyl sites for hydroxylation is 1. The maximum Gasteiger partial charge on any atom is 0.250 e. The van der Waals surface area contributed by atoms with Gasteiger partial charge in [-0.15, -0.1) is 11.8 Å². The number of nitrogens with zero attached hydrogens (tertiary/aromatic N) is 1. The average molecular weight is 295 g/mol. The van der Waals surface area contributed by atoms with Gasteiger partial charge >= 0.3 is 0 Å². The number of benzene rings is 1. The highest BCUT2D eigenvalue weighted by Crippen LogP contribution is 2.22. The second-order valence-corrected chi connectivity index (χ2v) is 5.76. The van der Waals surface area contributed by atoms with Crippen LogP contribution in [-0.4, -0.2) is 10.3 Å². The molecule has 19 heavy (non-hydrogen) atoms. The number of nitrogen functional groups attached to an aromatic ring is 1. The molecule has 2 aromatic rings. The van der Waals surface area contributed by atoms with Crippen LogP contribution in [0, 0.1) is 0 Å². The summed E-state index contributed by atoms with van der Waals surface area (Å²) in [4.78, 5) is 12.7. The highest BCUT2D eigenvalue weighted by molar-refractivity contribution is 7.99. The Labute approximate surface area is 121 Å². The van der Waals surface area contributed by atoms with Gasteiger partial charge in [0.1, 0.15) is 0 Å². The lowest BCUT2D eigenvalue weighted by Gasteiger charge is -2.06. The SMILES string of the molecule is Nc1ccc(=O)n(CCCSc2cccc(Cl)c2)c1. The van der Waals surface area contributed by atoms with E-state index in [0.29, 0.717) is 12.2 Å². The molecule has 1 heterocycles. The minimum atomic E-state index is -0.0121. The molecule has 0 aliphatic rings. The Morgan fingerprint density at radius 2 is 2.11 bits per heavy atom. The van der Waals surface area contributed by atoms with Crippen LogP contribution < -0.4 is 11.3 Å². The summed E-state index contributed by atoms with van der Waals surface area (Å²) in [6.07, 6.45) is 2.59. The minimum Gasteiger partial charge on any atom is -0.398 e. The summed E-state index contributed by atoms with van der Waals surface area (Å²) in [6.45, 7) is 0.678. The number of pyridine rings is 1. The van der Waals surface area contributed by atoms with Gasteiger partial charge in [-0.2, -0.15) is 0 Å². The van der Waals surface area contributed by atoms with Crippen molar-refractivity contribution in [2.75, 3.05) is 11.5 Å². The van der Waals surface area contributed by atoms with Gasteiger partial charge in [0.2, 0.25) is 0 Å². The predicted molar refractivity (Wildman–Crippen MR) is 81.9 cm³/mol. The van der Waals surface area contributed by atoms with Crippen LogP contribution in [0.3, 0.4) is 0 Å². The number of halogens is 1. The van der Waals surface area contributed by atoms with Gasteiger partial charge in [0.15, 0.2) is 0 Å². The fourth-order valence-electron chi connectivity index (χ4n) is 1.71. The van der Waals surface area contributed by atoms with Crippen molar-refractivity contribution in [3.63, 3.8) is 0 Å². The molecule has 0 amide bonds. The molecule has 0 aliphatic carbocycles. The molecule has 2 rings (SSSR count). The topological polar surface area (TPSA) is 48.0 Å². The first-order valence-electron chi connectivity index (χ1n) is 5.99. The van der Waals surface area contributed by atoms with E-state index in [9.17, 15) is 4.79 Å². The lowest BCUT2D eigenvalue weighted by molar-refractivity contribution is 0.660. The van der Waals surface area contributed by atoms with Gasteiger partial charge < -0.3 is 10.3 Å². The quantitative estimate of drug-likeness (QED) is 0.680. The van der Waals surface area contributed by atoms with E-state index < -0.39 is 0 Å². The van der Waals surface area contributed by atoms with Crippen molar-refractivity contribution in [2.45, 2.75) is 17.9 Å². The van der Waals surface area contributed by atoms with E-state index in [-0.39, 0.29) is 5.56 Å². The van der Waals surface area contributed by atoms with Gasteiger partial charge in [-0.25, -0.2) is 0 Å². The third-order valence-electron chi connectivity index (χ3n) is 2.61. The molecule has 0 saturated heterocycles. The molecule has 1 aromatic heterocycles. The Balaban J connectivity index is 1.84. The number of rotatable bonds is 5. The maximum absolute atomic E-state index is 11.6. The van der Waals surface area contributed by atoms with Gasteiger partial charge in [-0.1, -0.05) is 17.7 Å². The molecule has 100 valence electrons. The van der Waals surface area contributed by atoms with Gasteiger partial charge in [0.05, 0.1) is 0 Å². The summed E-state index contributed by atoms with van der Waals surface area (Å²) < 4.78 is 1.65. The van der Waals surface area contributed by atoms with Gasteiger partial charge in [0, 0.05) is 34.4 Å². The number of hydrogen-bond donors (Lipinski definition) is 1. The number of hydrogen-bond acceptors (Lipinski definition) is 3. The first-order chi connectivity index (χ1) is 9.15. The van der Waals surface area contributed by atoms with Crippen molar-refractivity contribution in [1.29, 1.82) is 0 Å². The second kappa shape index (κ2) is 6.68. The summed E-state index contributed by atoms with van der Waals surface area (Å²) >= 11 is 7.65. The Kier molecular flexibility index (Phi) is 4.93. The van der Waals surface area contributed by atoms with E-state index in [1.165, 1.54) is 6.07 Å². The smallest absolute Gasteiger partial charge is 0.250 e. The van der Waals surface area contributed by atoms with Crippen LogP contribution in [0.1, 0.15) is 6.42 Å². The number of anilines is 1. The van der Waals surface area contributed by atoms with Gasteiger partial charge in [-0.3, -0.25) is 4.79 Å². The van der Waals surface area contributed by atoms with Crippen LogP contribution in [0.4, 0.5) is 5.69 Å². The zero-order valence-electron chi connectivity index (χ0n) is 10.4. The van der Waals surface area contributed by atoms with Gasteiger partial charge in [-0.05, 0) is 36.4 Å². The molecule has 0 atom stereocenters. The molecule has 2 N–H and O–H groups in total. The first-order valence-corrected chi connectivity index (χ1v) is 7.36. The summed E-state index contributed by atoms with van der Waals surface area (Å²) in [7, 11) is 0. The monoisotopic (exact) mass is 294 g/mol. The molecule has 0 aliphatic heterocycles. The van der Waals surface area contributed by atoms with Crippen LogP contribution in [0.5, 0.6) is 0 Å². The zero-order chi connectivity index (χ0) is 13.7. The van der Waals surface area contributed by atoms with Crippen molar-refractivity contribution in [3.8, 4) is 0 Å². The molecular weight excluding hydrogens is 280 g/mol. The molecule has 0 radical (unpaired) electrons. The number of aromatic nitrogens is 1. The van der Waals surface area contributed by atoms with Crippen molar-refractivity contribution >= 4 is 29.1 Å². The summed E-state index contributed by atoms with van der Waals surface area (Å²) in [5.74, 6) is 0.932. The molecule has 5 heteroatoms. The molecule has 0 saturated carbocycles. The molecule has 3 nitrogen and oxygen atoms in total. The van der Waals surface area contributed by atoms with E-state index in [1.807, 2.05) is 24.3 Å². The van der Waals surface area contributed by atoms with Crippen molar-refractivity contribution in [1.82, 2.24) is 4.57 Å². The third-order valence-corrected chi connectivity index (χ3v) is 3.93. The molecule has 0 spiro atoms. The van der Waals surface area contributed by atoms with E-state index in [1.54, 1.807) is 28.6 Å². The normalized spacial score (nSPS) is 10.6. The van der Waals surface area contributed by atoms with E-state index in [2.05, 4.69) is 0 Å². The number of thioether (sulfide) groups is 1. The molecular formula is C14H15ClN2OS. The van der Waals surface area contributed by atoms with E-state index in [0.717, 1.165) is 22.1 Å². The lowest BCUT2D eigenvalue weighted by atomic mass is 10.4. The van der Waals surface area contributed by atoms with Crippen molar-refractivity contribution < 1.29 is 0 Å². The molecule has 1 aromatic carbocycles. The fraction of sp³-hybridized carbons (Fsp3) is 0.214. The van der Waals surface area contributed by atoms with Crippen LogP contribution in [0.2, 0.25) is 5.02 Å². The predicted octanol–water partition coefficient (Wildman–Crippen LogP) is 3.27. The summed E-state index contributed by atoms with van der Waals surface area (Å²) in [5.41, 5.74) is 6.26. The number of nitrogens with two attached hydrogens (primary N) is 1. The largest absolute Gasteiger partial charge is 0.398 e. The average Bonchev–Trinajstić information content (AvgIpc) is 2.39. The Bertz CT molecular complexity index is 612. The van der Waals surface area contributed by atoms with Crippen LogP contribution in [0.15, 0.2) is 52.3 Å². The Morgan fingerprint density at radius 3 is 2.89 bits per heavy atom. The first kappa shape index (κ1) is 14.0. The maximum atomic E-state index is 11.6. The van der Waals surface area contributed by atoms with Gasteiger partial charge in [0.25, 0.3) is 5.56 Å². The Morgan fingerprint density at radius 1 is 1.26 bits per heavy atom. The Hall–Kier alpha value is -1.39. The zero-order valence-corrected chi connectivity index (χ0v) is 12.0. The standard InChI is InChI=1S/C14H15ClN2OS/c15-11-3-1-4-13(9-11)19-8-2-7-17-10-12(16)5-6-14(17)18/h1,3-6,9-10H,2,7-8,16H2. The van der Waals surface area contributed by atoms with Crippen LogP contribution >= 0.6 is 23.4 Å².